The fourth-order valence-electron chi connectivity index (χ4n) is 1.60. The molecule has 184 valence electrons. The summed E-state index contributed by atoms with van der Waals surface area (Å²) in [5, 5.41) is 0. The molecule has 0 fully saturated rings. The first-order valence-electron chi connectivity index (χ1n) is 6.63. The van der Waals surface area contributed by atoms with E-state index in [-0.39, 0.29) is 7.11 Å². The summed E-state index contributed by atoms with van der Waals surface area (Å²) in [7, 11) is 0.113. The molecule has 0 rings (SSSR count). The van der Waals surface area contributed by atoms with Gasteiger partial charge < -0.3 is 4.74 Å². The first-order valence-corrected chi connectivity index (χ1v) is 6.63. The third-order valence-electron chi connectivity index (χ3n) is 3.53. The zero-order chi connectivity index (χ0) is 25.9. The van der Waals surface area contributed by atoms with Gasteiger partial charge in [0.2, 0.25) is 0 Å². The van der Waals surface area contributed by atoms with Gasteiger partial charge in [-0.1, -0.05) is 6.58 Å². The maximum absolute atomic E-state index is 13.4. The van der Waals surface area contributed by atoms with Crippen molar-refractivity contribution < 1.29 is 84.2 Å². The summed E-state index contributed by atoms with van der Waals surface area (Å²) < 4.78 is 224. The van der Waals surface area contributed by atoms with E-state index in [2.05, 4.69) is 4.74 Å². The Hall–Kier alpha value is -1.98. The highest BCUT2D eigenvalue weighted by molar-refractivity contribution is 5.89. The molecule has 31 heavy (non-hydrogen) atoms. The summed E-state index contributed by atoms with van der Waals surface area (Å²) in [5.74, 6) is -60.5. The second-order valence-corrected chi connectivity index (χ2v) is 5.49. The summed E-state index contributed by atoms with van der Waals surface area (Å²) in [6.45, 7) is 1.75. The second kappa shape index (κ2) is 7.28. The Morgan fingerprint density at radius 3 is 1.06 bits per heavy atom. The summed E-state index contributed by atoms with van der Waals surface area (Å²) in [6, 6.07) is 0. The van der Waals surface area contributed by atoms with Crippen LogP contribution in [0.4, 0.5) is 74.6 Å². The van der Waals surface area contributed by atoms with Crippen LogP contribution < -0.4 is 0 Å². The molecule has 0 atom stereocenters. The molecule has 0 saturated heterocycles. The number of rotatable bonds is 8. The van der Waals surface area contributed by atoms with Gasteiger partial charge in [0.1, 0.15) is 5.57 Å². The van der Waals surface area contributed by atoms with Gasteiger partial charge in [-0.2, -0.15) is 74.6 Å². The molecule has 0 bridgehead atoms. The highest BCUT2D eigenvalue weighted by Gasteiger charge is 2.95. The molecule has 0 aliphatic carbocycles. The fraction of sp³-hybridized carbons (Fsp3) is 0.750. The van der Waals surface area contributed by atoms with Gasteiger partial charge in [-0.05, 0) is 0 Å². The molecule has 0 radical (unpaired) electrons. The molecule has 0 aliphatic heterocycles. The van der Waals surface area contributed by atoms with Crippen LogP contribution in [0.1, 0.15) is 0 Å². The Labute approximate surface area is 158 Å². The van der Waals surface area contributed by atoms with Crippen LogP contribution in [0.2, 0.25) is 0 Å². The van der Waals surface area contributed by atoms with Crippen LogP contribution in [0.25, 0.3) is 0 Å². The van der Waals surface area contributed by atoms with E-state index in [0.717, 1.165) is 0 Å². The molecular formula is C12H5F17O2. The molecule has 0 aromatic carbocycles. The Balaban J connectivity index is 6.83. The summed E-state index contributed by atoms with van der Waals surface area (Å²) >= 11 is 0. The molecule has 0 saturated carbocycles. The second-order valence-electron chi connectivity index (χ2n) is 5.49. The quantitative estimate of drug-likeness (QED) is 0.240. The topological polar surface area (TPSA) is 26.3 Å². The monoisotopic (exact) mass is 504 g/mol. The van der Waals surface area contributed by atoms with E-state index in [9.17, 15) is 79.4 Å². The van der Waals surface area contributed by atoms with Crippen LogP contribution in [-0.2, 0) is 9.53 Å². The first kappa shape index (κ1) is 29.0. The van der Waals surface area contributed by atoms with Crippen molar-refractivity contribution in [2.24, 2.45) is 0 Å². The first-order chi connectivity index (χ1) is 13.1. The van der Waals surface area contributed by atoms with Crippen molar-refractivity contribution in [1.29, 1.82) is 0 Å². The van der Waals surface area contributed by atoms with E-state index in [0.29, 0.717) is 0 Å². The number of hydrogen-bond donors (Lipinski definition) is 0. The van der Waals surface area contributed by atoms with Crippen molar-refractivity contribution in [3.8, 4) is 0 Å². The van der Waals surface area contributed by atoms with Gasteiger partial charge in [0, 0.05) is 0 Å². The zero-order valence-electron chi connectivity index (χ0n) is 13.9. The Kier molecular flexibility index (Phi) is 6.81. The van der Waals surface area contributed by atoms with Crippen molar-refractivity contribution in [3.05, 3.63) is 12.2 Å². The van der Waals surface area contributed by atoms with E-state index >= 15 is 0 Å². The minimum absolute atomic E-state index is 0.113. The van der Waals surface area contributed by atoms with Crippen LogP contribution in [0.15, 0.2) is 12.2 Å². The van der Waals surface area contributed by atoms with Crippen LogP contribution in [0, 0.1) is 0 Å². The van der Waals surface area contributed by atoms with E-state index in [1.807, 2.05) is 0 Å². The van der Waals surface area contributed by atoms with Crippen molar-refractivity contribution >= 4 is 5.97 Å². The van der Waals surface area contributed by atoms with Gasteiger partial charge in [0.05, 0.1) is 7.11 Å². The molecule has 0 N–H and O–H groups in total. The third kappa shape index (κ3) is 3.56. The average molecular weight is 504 g/mol. The zero-order valence-corrected chi connectivity index (χ0v) is 13.9. The highest BCUT2D eigenvalue weighted by atomic mass is 19.4. The Bertz CT molecular complexity index is 717. The van der Waals surface area contributed by atoms with Crippen LogP contribution in [-0.4, -0.2) is 60.7 Å². The number of methoxy groups -OCH3 is 1. The minimum Gasteiger partial charge on any atom is -0.466 e. The predicted octanol–water partition coefficient (Wildman–Crippen LogP) is 5.73. The molecule has 0 unspecified atom stereocenters. The van der Waals surface area contributed by atoms with E-state index in [4.69, 9.17) is 0 Å². The number of carbonyl (C=O) groups excluding carboxylic acids is 1. The molecule has 0 amide bonds. The lowest BCUT2D eigenvalue weighted by Gasteiger charge is -2.42. The molecular weight excluding hydrogens is 499 g/mol. The fourth-order valence-corrected chi connectivity index (χ4v) is 1.60. The molecule has 0 heterocycles. The number of hydrogen-bond acceptors (Lipinski definition) is 2. The van der Waals surface area contributed by atoms with Crippen molar-refractivity contribution in [3.63, 3.8) is 0 Å². The van der Waals surface area contributed by atoms with Crippen molar-refractivity contribution in [2.45, 2.75) is 47.6 Å². The van der Waals surface area contributed by atoms with Crippen molar-refractivity contribution in [1.82, 2.24) is 0 Å². The van der Waals surface area contributed by atoms with Crippen LogP contribution in [0.5, 0.6) is 0 Å². The van der Waals surface area contributed by atoms with Gasteiger partial charge in [-0.25, -0.2) is 4.79 Å². The number of ether oxygens (including phenoxy) is 1. The minimum atomic E-state index is -8.73. The van der Waals surface area contributed by atoms with Crippen LogP contribution in [0.3, 0.4) is 0 Å². The molecule has 0 aromatic rings. The summed E-state index contributed by atoms with van der Waals surface area (Å²) in [5.41, 5.74) is -3.12. The lowest BCUT2D eigenvalue weighted by Crippen LogP contribution is -2.74. The Morgan fingerprint density at radius 1 is 0.548 bits per heavy atom. The molecule has 2 nitrogen and oxygen atoms in total. The Morgan fingerprint density at radius 2 is 0.806 bits per heavy atom. The third-order valence-corrected chi connectivity index (χ3v) is 3.53. The predicted molar refractivity (Wildman–Crippen MR) is 61.8 cm³/mol. The summed E-state index contributed by atoms with van der Waals surface area (Å²) in [4.78, 5) is 10.7. The van der Waals surface area contributed by atoms with Gasteiger partial charge in [0.15, 0.2) is 0 Å². The SMILES string of the molecule is C=C(C(=O)OC)C(F)(F)C(F)(F)C(F)(F)C(F)(F)C(F)(F)C(F)(F)C(F)(F)C(F)(F)F. The molecule has 0 aliphatic rings. The standard InChI is InChI=1S/C12H5F17O2/c1-3(4(30)31-2)5(13,14)6(15,16)7(17,18)8(19,20)9(21,22)10(23,24)11(25,26)12(27,28)29/h1H2,2H3. The van der Waals surface area contributed by atoms with E-state index < -0.39 is 59.2 Å². The lowest BCUT2D eigenvalue weighted by atomic mass is 9.87. The van der Waals surface area contributed by atoms with E-state index in [1.54, 1.807) is 6.58 Å². The maximum Gasteiger partial charge on any atom is 0.460 e. The average Bonchev–Trinajstić information content (AvgIpc) is 2.57. The summed E-state index contributed by atoms with van der Waals surface area (Å²) in [6.07, 6.45) is -7.82. The van der Waals surface area contributed by atoms with Gasteiger partial charge >= 0.3 is 53.6 Å². The largest absolute Gasteiger partial charge is 0.466 e. The van der Waals surface area contributed by atoms with Gasteiger partial charge in [-0.3, -0.25) is 0 Å². The smallest absolute Gasteiger partial charge is 0.460 e. The van der Waals surface area contributed by atoms with Gasteiger partial charge in [0.25, 0.3) is 0 Å². The van der Waals surface area contributed by atoms with E-state index in [1.165, 1.54) is 0 Å². The highest BCUT2D eigenvalue weighted by Crippen LogP contribution is 2.64. The lowest BCUT2D eigenvalue weighted by molar-refractivity contribution is -0.460. The number of carbonyl (C=O) groups is 1. The molecule has 0 aromatic heterocycles. The molecule has 19 heteroatoms. The normalized spacial score (nSPS) is 15.7. The number of esters is 1. The van der Waals surface area contributed by atoms with Crippen molar-refractivity contribution in [2.75, 3.05) is 7.11 Å². The molecule has 0 spiro atoms. The van der Waals surface area contributed by atoms with Gasteiger partial charge in [-0.15, -0.1) is 0 Å². The maximum atomic E-state index is 13.4. The number of halogens is 17. The number of alkyl halides is 17. The van der Waals surface area contributed by atoms with Crippen LogP contribution >= 0.6 is 0 Å².